The summed E-state index contributed by atoms with van der Waals surface area (Å²) in [6.07, 6.45) is 6.73. The van der Waals surface area contributed by atoms with E-state index < -0.39 is 17.8 Å². The van der Waals surface area contributed by atoms with Crippen molar-refractivity contribution in [3.05, 3.63) is 35.4 Å². The first-order valence-electron chi connectivity index (χ1n) is 8.27. The van der Waals surface area contributed by atoms with Crippen molar-refractivity contribution in [1.82, 2.24) is 5.06 Å². The summed E-state index contributed by atoms with van der Waals surface area (Å²) in [5.74, 6) is -1.42. The number of nitrogens with zero attached hydrogens (tertiary/aromatic N) is 1. The van der Waals surface area contributed by atoms with Crippen LogP contribution in [0.4, 0.5) is 0 Å². The van der Waals surface area contributed by atoms with E-state index in [1.807, 2.05) is 0 Å². The summed E-state index contributed by atoms with van der Waals surface area (Å²) in [6.45, 7) is 1.80. The van der Waals surface area contributed by atoms with Crippen molar-refractivity contribution in [1.29, 1.82) is 0 Å². The SMILES string of the molecule is CC(CC1CCCCC1)C(=O)ON1C(=O)c2ccccc2C1=O. The Labute approximate surface area is 135 Å². The standard InChI is InChI=1S/C18H21NO4/c1-12(11-13-7-3-2-4-8-13)18(22)23-19-16(20)14-9-5-6-10-15(14)17(19)21/h5-6,9-10,12-13H,2-4,7-8,11H2,1H3. The van der Waals surface area contributed by atoms with E-state index in [9.17, 15) is 14.4 Å². The van der Waals surface area contributed by atoms with E-state index in [4.69, 9.17) is 4.84 Å². The van der Waals surface area contributed by atoms with Crippen LogP contribution in [-0.2, 0) is 9.63 Å². The molecule has 1 aliphatic carbocycles. The zero-order valence-electron chi connectivity index (χ0n) is 13.3. The van der Waals surface area contributed by atoms with Crippen LogP contribution in [-0.4, -0.2) is 22.8 Å². The molecule has 23 heavy (non-hydrogen) atoms. The van der Waals surface area contributed by atoms with Gasteiger partial charge in [-0.05, 0) is 24.5 Å². The first kappa shape index (κ1) is 15.7. The number of imide groups is 1. The van der Waals surface area contributed by atoms with Crippen molar-refractivity contribution in [3.63, 3.8) is 0 Å². The van der Waals surface area contributed by atoms with Crippen LogP contribution in [0.25, 0.3) is 0 Å². The molecule has 2 amide bonds. The maximum Gasteiger partial charge on any atom is 0.336 e. The average molecular weight is 315 g/mol. The van der Waals surface area contributed by atoms with Gasteiger partial charge >= 0.3 is 5.97 Å². The summed E-state index contributed by atoms with van der Waals surface area (Å²) in [5.41, 5.74) is 0.565. The molecule has 1 fully saturated rings. The zero-order valence-corrected chi connectivity index (χ0v) is 13.3. The van der Waals surface area contributed by atoms with Crippen molar-refractivity contribution >= 4 is 17.8 Å². The minimum Gasteiger partial charge on any atom is -0.329 e. The van der Waals surface area contributed by atoms with Gasteiger partial charge in [0, 0.05) is 0 Å². The number of fused-ring (bicyclic) bond motifs is 1. The van der Waals surface area contributed by atoms with E-state index in [1.54, 1.807) is 31.2 Å². The first-order valence-corrected chi connectivity index (χ1v) is 8.27. The van der Waals surface area contributed by atoms with Crippen molar-refractivity contribution in [3.8, 4) is 0 Å². The molecular weight excluding hydrogens is 294 g/mol. The highest BCUT2D eigenvalue weighted by atomic mass is 16.7. The number of hydrogen-bond acceptors (Lipinski definition) is 4. The fourth-order valence-corrected chi connectivity index (χ4v) is 3.45. The predicted octanol–water partition coefficient (Wildman–Crippen LogP) is 3.35. The second-order valence-corrected chi connectivity index (χ2v) is 6.50. The Hall–Kier alpha value is -2.17. The molecule has 1 aromatic rings. The maximum absolute atomic E-state index is 12.2. The molecule has 0 saturated heterocycles. The third-order valence-corrected chi connectivity index (χ3v) is 4.75. The van der Waals surface area contributed by atoms with E-state index in [2.05, 4.69) is 0 Å². The molecule has 122 valence electrons. The van der Waals surface area contributed by atoms with E-state index in [0.717, 1.165) is 19.3 Å². The topological polar surface area (TPSA) is 63.7 Å². The Morgan fingerprint density at radius 3 is 2.26 bits per heavy atom. The Kier molecular flexibility index (Phi) is 4.46. The van der Waals surface area contributed by atoms with E-state index >= 15 is 0 Å². The molecule has 1 unspecified atom stereocenters. The molecule has 1 atom stereocenters. The molecule has 5 nitrogen and oxygen atoms in total. The maximum atomic E-state index is 12.2. The Bertz CT molecular complexity index is 599. The summed E-state index contributed by atoms with van der Waals surface area (Å²) in [5, 5.41) is 0.602. The minimum atomic E-state index is -0.566. The van der Waals surface area contributed by atoms with Gasteiger partial charge in [-0.3, -0.25) is 9.59 Å². The fraction of sp³-hybridized carbons (Fsp3) is 0.500. The number of hydrogen-bond donors (Lipinski definition) is 0. The summed E-state index contributed by atoms with van der Waals surface area (Å²) < 4.78 is 0. The lowest BCUT2D eigenvalue weighted by molar-refractivity contribution is -0.173. The normalized spacial score (nSPS) is 19.6. The molecule has 0 spiro atoms. The molecule has 5 heteroatoms. The van der Waals surface area contributed by atoms with E-state index in [0.29, 0.717) is 11.0 Å². The third-order valence-electron chi connectivity index (χ3n) is 4.75. The van der Waals surface area contributed by atoms with Crippen molar-refractivity contribution in [2.24, 2.45) is 11.8 Å². The fourth-order valence-electron chi connectivity index (χ4n) is 3.45. The number of carbonyl (C=O) groups excluding carboxylic acids is 3. The predicted molar refractivity (Wildman–Crippen MR) is 83.4 cm³/mol. The van der Waals surface area contributed by atoms with Gasteiger partial charge < -0.3 is 4.84 Å². The Balaban J connectivity index is 1.62. The molecule has 1 heterocycles. The van der Waals surface area contributed by atoms with Gasteiger partial charge in [0.2, 0.25) is 0 Å². The van der Waals surface area contributed by atoms with Gasteiger partial charge in [0.25, 0.3) is 11.8 Å². The second-order valence-electron chi connectivity index (χ2n) is 6.50. The molecule has 3 rings (SSSR count). The lowest BCUT2D eigenvalue weighted by atomic mass is 9.83. The number of carbonyl (C=O) groups is 3. The smallest absolute Gasteiger partial charge is 0.329 e. The molecule has 1 aromatic carbocycles. The number of rotatable bonds is 4. The van der Waals surface area contributed by atoms with Crippen molar-refractivity contribution in [2.45, 2.75) is 45.4 Å². The van der Waals surface area contributed by atoms with Crippen LogP contribution < -0.4 is 0 Å². The quantitative estimate of drug-likeness (QED) is 0.799. The highest BCUT2D eigenvalue weighted by Gasteiger charge is 2.39. The van der Waals surface area contributed by atoms with Crippen LogP contribution in [0.1, 0.15) is 66.2 Å². The largest absolute Gasteiger partial charge is 0.336 e. The number of amides is 2. The van der Waals surface area contributed by atoms with Gasteiger partial charge in [0.15, 0.2) is 0 Å². The molecule has 0 N–H and O–H groups in total. The molecular formula is C18H21NO4. The third kappa shape index (κ3) is 3.14. The highest BCUT2D eigenvalue weighted by Crippen LogP contribution is 2.30. The van der Waals surface area contributed by atoms with Gasteiger partial charge in [0.05, 0.1) is 17.0 Å². The van der Waals surface area contributed by atoms with Crippen LogP contribution in [0, 0.1) is 11.8 Å². The monoisotopic (exact) mass is 315 g/mol. The van der Waals surface area contributed by atoms with Gasteiger partial charge in [-0.1, -0.05) is 56.2 Å². The zero-order chi connectivity index (χ0) is 16.4. The van der Waals surface area contributed by atoms with E-state index in [-0.39, 0.29) is 17.0 Å². The van der Waals surface area contributed by atoms with Crippen molar-refractivity contribution in [2.75, 3.05) is 0 Å². The van der Waals surface area contributed by atoms with Crippen LogP contribution in [0.15, 0.2) is 24.3 Å². The summed E-state index contributed by atoms with van der Waals surface area (Å²) in [6, 6.07) is 6.49. The van der Waals surface area contributed by atoms with Crippen LogP contribution >= 0.6 is 0 Å². The molecule has 0 aromatic heterocycles. The van der Waals surface area contributed by atoms with Crippen LogP contribution in [0.3, 0.4) is 0 Å². The lowest BCUT2D eigenvalue weighted by Crippen LogP contribution is -2.35. The molecule has 0 bridgehead atoms. The summed E-state index contributed by atoms with van der Waals surface area (Å²) in [4.78, 5) is 41.7. The Morgan fingerprint density at radius 1 is 1.13 bits per heavy atom. The molecule has 0 radical (unpaired) electrons. The molecule has 1 saturated carbocycles. The number of hydroxylamine groups is 2. The van der Waals surface area contributed by atoms with Crippen molar-refractivity contribution < 1.29 is 19.2 Å². The van der Waals surface area contributed by atoms with Crippen LogP contribution in [0.5, 0.6) is 0 Å². The van der Waals surface area contributed by atoms with Gasteiger partial charge in [0.1, 0.15) is 0 Å². The van der Waals surface area contributed by atoms with Gasteiger partial charge in [-0.2, -0.15) is 0 Å². The lowest BCUT2D eigenvalue weighted by Gasteiger charge is -2.24. The Morgan fingerprint density at radius 2 is 1.70 bits per heavy atom. The number of benzene rings is 1. The average Bonchev–Trinajstić information content (AvgIpc) is 2.81. The summed E-state index contributed by atoms with van der Waals surface area (Å²) >= 11 is 0. The first-order chi connectivity index (χ1) is 11.1. The summed E-state index contributed by atoms with van der Waals surface area (Å²) in [7, 11) is 0. The minimum absolute atomic E-state index is 0.283. The second kappa shape index (κ2) is 6.52. The highest BCUT2D eigenvalue weighted by molar-refractivity contribution is 6.20. The van der Waals surface area contributed by atoms with E-state index in [1.165, 1.54) is 19.3 Å². The molecule has 2 aliphatic rings. The van der Waals surface area contributed by atoms with Crippen LogP contribution in [0.2, 0.25) is 0 Å². The molecule has 1 aliphatic heterocycles. The van der Waals surface area contributed by atoms with Gasteiger partial charge in [-0.15, -0.1) is 0 Å². The van der Waals surface area contributed by atoms with Gasteiger partial charge in [-0.25, -0.2) is 4.79 Å².